The van der Waals surface area contributed by atoms with E-state index < -0.39 is 24.0 Å². The summed E-state index contributed by atoms with van der Waals surface area (Å²) in [6.07, 6.45) is 1.16. The summed E-state index contributed by atoms with van der Waals surface area (Å²) >= 11 is 1.71. The average Bonchev–Trinajstić information content (AvgIpc) is 2.23. The Bertz CT molecular complexity index is 240. The van der Waals surface area contributed by atoms with Crippen molar-refractivity contribution in [1.82, 2.24) is 5.32 Å². The predicted molar refractivity (Wildman–Crippen MR) is 65.0 cm³/mol. The van der Waals surface area contributed by atoms with Gasteiger partial charge in [-0.2, -0.15) is 0 Å². The third-order valence-corrected chi connectivity index (χ3v) is 3.86. The molecule has 94 valence electrons. The van der Waals surface area contributed by atoms with Crippen LogP contribution < -0.4 is 5.32 Å². The monoisotopic (exact) mass is 315 g/mol. The molecule has 0 aliphatic heterocycles. The molecule has 0 saturated heterocycles. The van der Waals surface area contributed by atoms with E-state index in [0.717, 1.165) is 0 Å². The molecule has 16 heavy (non-hydrogen) atoms. The van der Waals surface area contributed by atoms with Crippen molar-refractivity contribution in [2.24, 2.45) is 0 Å². The Morgan fingerprint density at radius 1 is 1.50 bits per heavy atom. The van der Waals surface area contributed by atoms with E-state index in [2.05, 4.69) is 5.32 Å². The van der Waals surface area contributed by atoms with Gasteiger partial charge in [-0.15, -0.1) is 0 Å². The van der Waals surface area contributed by atoms with E-state index in [0.29, 0.717) is 17.5 Å². The molecule has 0 bridgehead atoms. The van der Waals surface area contributed by atoms with Crippen LogP contribution in [0.3, 0.4) is 0 Å². The number of rotatable bonds is 8. The Morgan fingerprint density at radius 3 is 2.56 bits per heavy atom. The minimum atomic E-state index is -1.08. The molecule has 0 aromatic carbocycles. The van der Waals surface area contributed by atoms with Crippen LogP contribution in [0.4, 0.5) is 0 Å². The van der Waals surface area contributed by atoms with E-state index in [-0.39, 0.29) is 15.0 Å². The first-order valence-corrected chi connectivity index (χ1v) is 9.03. The van der Waals surface area contributed by atoms with Gasteiger partial charge in [-0.1, -0.05) is 0 Å². The molecule has 0 aromatic rings. The van der Waals surface area contributed by atoms with Crippen LogP contribution in [0.1, 0.15) is 6.42 Å². The summed E-state index contributed by atoms with van der Waals surface area (Å²) in [7, 11) is 0. The normalized spacial score (nSPS) is 14.2. The Labute approximate surface area is 106 Å². The van der Waals surface area contributed by atoms with Crippen molar-refractivity contribution in [1.29, 1.82) is 0 Å². The van der Waals surface area contributed by atoms with E-state index in [1.54, 1.807) is 0 Å². The fourth-order valence-corrected chi connectivity index (χ4v) is 2.45. The number of amides is 1. The van der Waals surface area contributed by atoms with Crippen molar-refractivity contribution in [3.05, 3.63) is 0 Å². The fraction of sp³-hybridized carbons (Fsp3) is 0.778. The van der Waals surface area contributed by atoms with Gasteiger partial charge in [0.05, 0.1) is 0 Å². The molecule has 2 atom stereocenters. The van der Waals surface area contributed by atoms with Gasteiger partial charge in [0.15, 0.2) is 0 Å². The third kappa shape index (κ3) is 6.37. The van der Waals surface area contributed by atoms with Crippen molar-refractivity contribution < 1.29 is 19.8 Å². The van der Waals surface area contributed by atoms with Crippen LogP contribution in [-0.2, 0) is 9.59 Å². The first-order chi connectivity index (χ1) is 7.52. The molecule has 7 heteroatoms. The van der Waals surface area contributed by atoms with Gasteiger partial charge < -0.3 is 0 Å². The molecule has 0 aliphatic carbocycles. The topological polar surface area (TPSA) is 86.6 Å². The molecule has 0 spiro atoms. The molecule has 0 rings (SSSR count). The van der Waals surface area contributed by atoms with E-state index in [4.69, 9.17) is 5.11 Å². The summed E-state index contributed by atoms with van der Waals surface area (Å²) in [6, 6.07) is -0.904. The number of hydrogen-bond acceptors (Lipinski definition) is 4. The number of aliphatic carboxylic acids is 1. The quantitative estimate of drug-likeness (QED) is 0.542. The molecular formula is C9H17NO4SSe. The zero-order chi connectivity index (χ0) is 12.6. The SMILES string of the molecule is CSCCC(NC(=O)[C@H](O)C[Se]C)C(=O)O. The fourth-order valence-electron chi connectivity index (χ4n) is 0.995. The summed E-state index contributed by atoms with van der Waals surface area (Å²) in [5.41, 5.74) is 0. The summed E-state index contributed by atoms with van der Waals surface area (Å²) in [4.78, 5) is 22.2. The Balaban J connectivity index is 4.17. The number of nitrogens with one attached hydrogen (secondary N) is 1. The zero-order valence-corrected chi connectivity index (χ0v) is 11.8. The summed E-state index contributed by atoms with van der Waals surface area (Å²) in [5, 5.41) is 21.0. The van der Waals surface area contributed by atoms with Crippen molar-refractivity contribution >= 4 is 38.6 Å². The van der Waals surface area contributed by atoms with Gasteiger partial charge in [0, 0.05) is 0 Å². The number of thioether (sulfide) groups is 1. The number of carboxylic acid groups (broad SMARTS) is 1. The molecule has 5 nitrogen and oxygen atoms in total. The van der Waals surface area contributed by atoms with Gasteiger partial charge in [-0.25, -0.2) is 0 Å². The molecule has 0 heterocycles. The third-order valence-electron chi connectivity index (χ3n) is 1.85. The number of carbonyl (C=O) groups excluding carboxylic acids is 1. The van der Waals surface area contributed by atoms with E-state index in [9.17, 15) is 14.7 Å². The Morgan fingerprint density at radius 2 is 2.12 bits per heavy atom. The molecule has 0 aliphatic rings. The molecule has 0 saturated carbocycles. The minimum absolute atomic E-state index is 0.189. The van der Waals surface area contributed by atoms with Crippen molar-refractivity contribution in [2.45, 2.75) is 29.7 Å². The van der Waals surface area contributed by atoms with E-state index in [1.807, 2.05) is 12.1 Å². The molecule has 1 unspecified atom stereocenters. The Hall–Kier alpha value is -0.231. The zero-order valence-electron chi connectivity index (χ0n) is 9.30. The average molecular weight is 314 g/mol. The van der Waals surface area contributed by atoms with Gasteiger partial charge in [-0.3, -0.25) is 0 Å². The maximum atomic E-state index is 11.4. The summed E-state index contributed by atoms with van der Waals surface area (Å²) in [5.74, 6) is 0.922. The number of carboxylic acids is 1. The van der Waals surface area contributed by atoms with Crippen LogP contribution in [-0.4, -0.2) is 61.2 Å². The van der Waals surface area contributed by atoms with Gasteiger partial charge in [0.1, 0.15) is 0 Å². The van der Waals surface area contributed by atoms with Crippen LogP contribution in [0.25, 0.3) is 0 Å². The van der Waals surface area contributed by atoms with Crippen LogP contribution in [0.2, 0.25) is 11.1 Å². The second kappa shape index (κ2) is 8.87. The summed E-state index contributed by atoms with van der Waals surface area (Å²) < 4.78 is 0. The van der Waals surface area contributed by atoms with Crippen LogP contribution in [0.5, 0.6) is 0 Å². The summed E-state index contributed by atoms with van der Waals surface area (Å²) in [6.45, 7) is 0. The maximum absolute atomic E-state index is 11.4. The molecule has 1 amide bonds. The predicted octanol–water partition coefficient (Wildman–Crippen LogP) is -0.160. The molecular weight excluding hydrogens is 297 g/mol. The molecule has 0 aromatic heterocycles. The molecule has 0 radical (unpaired) electrons. The number of carbonyl (C=O) groups is 2. The standard InChI is InChI=1S/C9H17NO4SSe/c1-15-4-3-6(9(13)14)10-8(12)7(11)5-16-2/h6-7,11H,3-5H2,1-2H3,(H,10,12)(H,13,14)/t6?,7-/m1/s1. The van der Waals surface area contributed by atoms with Crippen LogP contribution >= 0.6 is 11.8 Å². The molecule has 0 fully saturated rings. The first kappa shape index (κ1) is 15.8. The number of aliphatic hydroxyl groups excluding tert-OH is 1. The van der Waals surface area contributed by atoms with Crippen molar-refractivity contribution in [3.8, 4) is 0 Å². The van der Waals surface area contributed by atoms with Crippen molar-refractivity contribution in [3.63, 3.8) is 0 Å². The van der Waals surface area contributed by atoms with Gasteiger partial charge in [0.2, 0.25) is 0 Å². The number of hydrogen-bond donors (Lipinski definition) is 3. The van der Waals surface area contributed by atoms with Gasteiger partial charge >= 0.3 is 105 Å². The molecule has 3 N–H and O–H groups in total. The first-order valence-electron chi connectivity index (χ1n) is 4.72. The van der Waals surface area contributed by atoms with Crippen LogP contribution in [0, 0.1) is 0 Å². The number of aliphatic hydroxyl groups is 1. The Kier molecular flexibility index (Phi) is 8.74. The van der Waals surface area contributed by atoms with E-state index >= 15 is 0 Å². The van der Waals surface area contributed by atoms with Crippen LogP contribution in [0.15, 0.2) is 0 Å². The van der Waals surface area contributed by atoms with Gasteiger partial charge in [-0.05, 0) is 0 Å². The second-order valence-corrected chi connectivity index (χ2v) is 6.05. The van der Waals surface area contributed by atoms with Gasteiger partial charge in [0.25, 0.3) is 0 Å². The van der Waals surface area contributed by atoms with E-state index in [1.165, 1.54) is 11.8 Å². The second-order valence-electron chi connectivity index (χ2n) is 3.15. The van der Waals surface area contributed by atoms with Crippen molar-refractivity contribution in [2.75, 3.05) is 12.0 Å².